The molecule has 0 aromatic heterocycles. The first kappa shape index (κ1) is 18.2. The molecule has 0 saturated carbocycles. The van der Waals surface area contributed by atoms with E-state index in [1.54, 1.807) is 0 Å². The molecule has 0 aliphatic carbocycles. The molecule has 5 nitrogen and oxygen atoms in total. The molecule has 1 aromatic carbocycles. The number of hydrogen-bond donors (Lipinski definition) is 3. The maximum Gasteiger partial charge on any atom is 0.335 e. The lowest BCUT2D eigenvalue weighted by atomic mass is 10.1. The third-order valence-electron chi connectivity index (χ3n) is 1.95. The average molecular weight is 283 g/mol. The van der Waals surface area contributed by atoms with Gasteiger partial charge in [-0.2, -0.15) is 0 Å². The van der Waals surface area contributed by atoms with E-state index < -0.39 is 5.97 Å². The van der Waals surface area contributed by atoms with E-state index in [4.69, 9.17) is 10.8 Å². The van der Waals surface area contributed by atoms with E-state index in [0.29, 0.717) is 12.1 Å². The number of benzene rings is 1. The van der Waals surface area contributed by atoms with Crippen LogP contribution in [0.2, 0.25) is 0 Å². The predicted octanol–water partition coefficient (Wildman–Crippen LogP) is 1.58. The lowest BCUT2D eigenvalue weighted by Crippen LogP contribution is -2.12. The molecule has 98 valence electrons. The van der Waals surface area contributed by atoms with Crippen molar-refractivity contribution in [2.24, 2.45) is 0 Å². The van der Waals surface area contributed by atoms with Gasteiger partial charge in [0.2, 0.25) is 0 Å². The molecule has 1 rings (SSSR count). The number of rotatable bonds is 3. The summed E-state index contributed by atoms with van der Waals surface area (Å²) in [6.07, 6.45) is 0. The molecule has 0 heterocycles. The molecule has 0 radical (unpaired) electrons. The van der Waals surface area contributed by atoms with Crippen LogP contribution in [0.1, 0.15) is 15.9 Å². The molecule has 0 bridgehead atoms. The first-order chi connectivity index (χ1) is 6.91. The summed E-state index contributed by atoms with van der Waals surface area (Å²) < 4.78 is 0. The standard InChI is InChI=1S/C10H14N2O3.2ClH/c1-12(2)5-7-3-6(10(14)15)4-8(11)9(7)13;;/h3-4,13H,5,11H2,1-2H3,(H,14,15);2*1H. The van der Waals surface area contributed by atoms with Gasteiger partial charge in [-0.1, -0.05) is 0 Å². The second kappa shape index (κ2) is 7.21. The number of hydrogen-bond acceptors (Lipinski definition) is 4. The summed E-state index contributed by atoms with van der Waals surface area (Å²) in [6.45, 7) is 0.442. The zero-order valence-corrected chi connectivity index (χ0v) is 11.1. The summed E-state index contributed by atoms with van der Waals surface area (Å²) in [4.78, 5) is 12.6. The van der Waals surface area contributed by atoms with Gasteiger partial charge in [-0.3, -0.25) is 0 Å². The molecule has 7 heteroatoms. The Kier molecular flexibility index (Phi) is 7.72. The summed E-state index contributed by atoms with van der Waals surface area (Å²) in [5.41, 5.74) is 6.19. The smallest absolute Gasteiger partial charge is 0.335 e. The topological polar surface area (TPSA) is 86.8 Å². The molecule has 0 atom stereocenters. The number of aromatic carboxylic acids is 1. The minimum absolute atomic E-state index is 0. The van der Waals surface area contributed by atoms with Gasteiger partial charge in [0, 0.05) is 12.1 Å². The lowest BCUT2D eigenvalue weighted by Gasteiger charge is -2.13. The van der Waals surface area contributed by atoms with Gasteiger partial charge < -0.3 is 20.8 Å². The van der Waals surface area contributed by atoms with E-state index in [1.807, 2.05) is 19.0 Å². The van der Waals surface area contributed by atoms with Crippen LogP contribution < -0.4 is 5.73 Å². The largest absolute Gasteiger partial charge is 0.505 e. The first-order valence-electron chi connectivity index (χ1n) is 4.41. The Balaban J connectivity index is 0. The van der Waals surface area contributed by atoms with Crippen LogP contribution in [0.15, 0.2) is 12.1 Å². The van der Waals surface area contributed by atoms with Crippen LogP contribution in [0.25, 0.3) is 0 Å². The molecule has 0 spiro atoms. The highest BCUT2D eigenvalue weighted by Gasteiger charge is 2.12. The van der Waals surface area contributed by atoms with Crippen molar-refractivity contribution in [1.82, 2.24) is 4.90 Å². The van der Waals surface area contributed by atoms with Gasteiger partial charge >= 0.3 is 5.97 Å². The molecule has 0 aliphatic heterocycles. The van der Waals surface area contributed by atoms with Gasteiger partial charge in [0.25, 0.3) is 0 Å². The van der Waals surface area contributed by atoms with Crippen molar-refractivity contribution in [2.45, 2.75) is 6.54 Å². The van der Waals surface area contributed by atoms with Gasteiger partial charge in [0.05, 0.1) is 11.3 Å². The predicted molar refractivity (Wildman–Crippen MR) is 71.4 cm³/mol. The lowest BCUT2D eigenvalue weighted by molar-refractivity contribution is 0.0696. The maximum atomic E-state index is 10.8. The minimum atomic E-state index is -1.05. The van der Waals surface area contributed by atoms with Gasteiger partial charge in [-0.05, 0) is 26.2 Å². The monoisotopic (exact) mass is 282 g/mol. The Morgan fingerprint density at radius 3 is 2.29 bits per heavy atom. The Bertz CT molecular complexity index is 397. The number of halogens is 2. The van der Waals surface area contributed by atoms with Crippen LogP contribution in [-0.4, -0.2) is 35.2 Å². The zero-order valence-electron chi connectivity index (χ0n) is 9.51. The van der Waals surface area contributed by atoms with Crippen molar-refractivity contribution in [2.75, 3.05) is 19.8 Å². The van der Waals surface area contributed by atoms with Gasteiger partial charge in [0.1, 0.15) is 5.75 Å². The molecule has 0 unspecified atom stereocenters. The number of nitrogen functional groups attached to an aromatic ring is 1. The fourth-order valence-corrected chi connectivity index (χ4v) is 1.30. The number of phenols is 1. The van der Waals surface area contributed by atoms with E-state index in [1.165, 1.54) is 12.1 Å². The SMILES string of the molecule is CN(C)Cc1cc(C(=O)O)cc(N)c1O.Cl.Cl. The molecule has 0 amide bonds. The van der Waals surface area contributed by atoms with Crippen molar-refractivity contribution in [1.29, 1.82) is 0 Å². The highest BCUT2D eigenvalue weighted by atomic mass is 35.5. The molecule has 17 heavy (non-hydrogen) atoms. The summed E-state index contributed by atoms with van der Waals surface area (Å²) in [5.74, 6) is -1.10. The maximum absolute atomic E-state index is 10.8. The van der Waals surface area contributed by atoms with Crippen LogP contribution in [-0.2, 0) is 6.54 Å². The fraction of sp³-hybridized carbons (Fsp3) is 0.300. The highest BCUT2D eigenvalue weighted by Crippen LogP contribution is 2.27. The first-order valence-corrected chi connectivity index (χ1v) is 4.41. The van der Waals surface area contributed by atoms with Crippen LogP contribution >= 0.6 is 24.8 Å². The van der Waals surface area contributed by atoms with Gasteiger partial charge in [-0.15, -0.1) is 24.8 Å². The molecule has 0 fully saturated rings. The number of nitrogens with zero attached hydrogens (tertiary/aromatic N) is 1. The molecular formula is C10H16Cl2N2O3. The van der Waals surface area contributed by atoms with E-state index in [9.17, 15) is 9.90 Å². The van der Waals surface area contributed by atoms with E-state index in [0.717, 1.165) is 0 Å². The van der Waals surface area contributed by atoms with Gasteiger partial charge in [-0.25, -0.2) is 4.79 Å². The number of nitrogens with two attached hydrogens (primary N) is 1. The van der Waals surface area contributed by atoms with Crippen molar-refractivity contribution >= 4 is 36.5 Å². The van der Waals surface area contributed by atoms with Crippen LogP contribution in [0, 0.1) is 0 Å². The zero-order chi connectivity index (χ0) is 11.6. The third-order valence-corrected chi connectivity index (χ3v) is 1.95. The molecule has 4 N–H and O–H groups in total. The molecule has 1 aromatic rings. The number of carboxylic acid groups (broad SMARTS) is 1. The van der Waals surface area contributed by atoms with Crippen molar-refractivity contribution in [3.63, 3.8) is 0 Å². The van der Waals surface area contributed by atoms with E-state index in [-0.39, 0.29) is 41.8 Å². The average Bonchev–Trinajstić information content (AvgIpc) is 2.11. The van der Waals surface area contributed by atoms with Crippen molar-refractivity contribution in [3.8, 4) is 5.75 Å². The summed E-state index contributed by atoms with van der Waals surface area (Å²) >= 11 is 0. The Morgan fingerprint density at radius 1 is 1.35 bits per heavy atom. The number of carboxylic acids is 1. The highest BCUT2D eigenvalue weighted by molar-refractivity contribution is 5.89. The number of aromatic hydroxyl groups is 1. The Hall–Kier alpha value is -1.17. The Labute approximate surface area is 112 Å². The van der Waals surface area contributed by atoms with E-state index >= 15 is 0 Å². The molecular weight excluding hydrogens is 267 g/mol. The molecule has 0 saturated heterocycles. The summed E-state index contributed by atoms with van der Waals surface area (Å²) in [5, 5.41) is 18.4. The van der Waals surface area contributed by atoms with Gasteiger partial charge in [0.15, 0.2) is 0 Å². The van der Waals surface area contributed by atoms with Crippen LogP contribution in [0.5, 0.6) is 5.75 Å². The second-order valence-corrected chi connectivity index (χ2v) is 3.62. The number of carbonyl (C=O) groups is 1. The quantitative estimate of drug-likeness (QED) is 0.579. The Morgan fingerprint density at radius 2 is 1.88 bits per heavy atom. The fourth-order valence-electron chi connectivity index (χ4n) is 1.30. The second-order valence-electron chi connectivity index (χ2n) is 3.62. The third kappa shape index (κ3) is 4.68. The normalized spacial score (nSPS) is 9.35. The number of phenolic OH excluding ortho intramolecular Hbond substituents is 1. The minimum Gasteiger partial charge on any atom is -0.505 e. The van der Waals surface area contributed by atoms with Crippen molar-refractivity contribution in [3.05, 3.63) is 23.3 Å². The van der Waals surface area contributed by atoms with Crippen molar-refractivity contribution < 1.29 is 15.0 Å². The summed E-state index contributed by atoms with van der Waals surface area (Å²) in [6, 6.07) is 2.67. The molecule has 0 aliphatic rings. The van der Waals surface area contributed by atoms with Crippen LogP contribution in [0.4, 0.5) is 5.69 Å². The van der Waals surface area contributed by atoms with Crippen LogP contribution in [0.3, 0.4) is 0 Å². The summed E-state index contributed by atoms with van der Waals surface area (Å²) in [7, 11) is 3.64. The van der Waals surface area contributed by atoms with E-state index in [2.05, 4.69) is 0 Å². The number of anilines is 1.